The largest absolute Gasteiger partial charge is 0.347 e. The Labute approximate surface area is 144 Å². The molecule has 2 heterocycles. The Morgan fingerprint density at radius 2 is 1.79 bits per heavy atom. The third kappa shape index (κ3) is 2.63. The van der Waals surface area contributed by atoms with Gasteiger partial charge in [0.1, 0.15) is 10.9 Å². The molecule has 9 heteroatoms. The first-order valence-corrected chi connectivity index (χ1v) is 9.86. The summed E-state index contributed by atoms with van der Waals surface area (Å²) in [6.45, 7) is 1.73. The maximum Gasteiger partial charge on any atom is 0.229 e. The fourth-order valence-electron chi connectivity index (χ4n) is 2.36. The van der Waals surface area contributed by atoms with Gasteiger partial charge in [0.2, 0.25) is 15.8 Å². The first-order chi connectivity index (χ1) is 11.4. The van der Waals surface area contributed by atoms with E-state index >= 15 is 0 Å². The summed E-state index contributed by atoms with van der Waals surface area (Å²) >= 11 is 1.27. The number of anilines is 1. The van der Waals surface area contributed by atoms with Crippen LogP contribution in [-0.4, -0.2) is 48.4 Å². The van der Waals surface area contributed by atoms with Crippen LogP contribution in [0.15, 0.2) is 45.1 Å². The van der Waals surface area contributed by atoms with Crippen LogP contribution in [0.3, 0.4) is 0 Å². The fourth-order valence-corrected chi connectivity index (χ4v) is 4.77. The molecule has 0 atom stereocenters. The van der Waals surface area contributed by atoms with Crippen LogP contribution in [0.1, 0.15) is 5.82 Å². The van der Waals surface area contributed by atoms with Gasteiger partial charge in [-0.25, -0.2) is 13.4 Å². The lowest BCUT2D eigenvalue weighted by Crippen LogP contribution is -2.17. The number of hydrogen-bond acceptors (Lipinski definition) is 7. The molecule has 0 spiro atoms. The number of thioether (sulfide) groups is 1. The predicted molar refractivity (Wildman–Crippen MR) is 93.5 cm³/mol. The summed E-state index contributed by atoms with van der Waals surface area (Å²) in [6, 6.07) is 8.32. The number of nitrogens with zero attached hydrogens (tertiary/aromatic N) is 5. The minimum absolute atomic E-state index is 0.120. The van der Waals surface area contributed by atoms with Crippen LogP contribution >= 0.6 is 11.8 Å². The molecular weight excluding hydrogens is 346 g/mol. The lowest BCUT2D eigenvalue weighted by molar-refractivity contribution is 0.594. The van der Waals surface area contributed by atoms with E-state index in [0.717, 1.165) is 0 Å². The van der Waals surface area contributed by atoms with Gasteiger partial charge in [-0.05, 0) is 25.3 Å². The van der Waals surface area contributed by atoms with Gasteiger partial charge in [-0.2, -0.15) is 14.6 Å². The van der Waals surface area contributed by atoms with Gasteiger partial charge in [0.05, 0.1) is 4.90 Å². The molecule has 3 aromatic rings. The average Bonchev–Trinajstić information content (AvgIpc) is 2.93. The van der Waals surface area contributed by atoms with Crippen LogP contribution in [0.4, 0.5) is 5.95 Å². The molecule has 7 nitrogen and oxygen atoms in total. The van der Waals surface area contributed by atoms with E-state index < -0.39 is 9.84 Å². The quantitative estimate of drug-likeness (QED) is 0.656. The second kappa shape index (κ2) is 6.06. The van der Waals surface area contributed by atoms with Crippen molar-refractivity contribution in [1.82, 2.24) is 19.6 Å². The number of hydrogen-bond donors (Lipinski definition) is 0. The van der Waals surface area contributed by atoms with Crippen LogP contribution in [-0.2, 0) is 9.84 Å². The van der Waals surface area contributed by atoms with Crippen LogP contribution in [0.5, 0.6) is 0 Å². The zero-order valence-corrected chi connectivity index (χ0v) is 15.4. The Kier molecular flexibility index (Phi) is 4.22. The summed E-state index contributed by atoms with van der Waals surface area (Å²) in [4.78, 5) is 10.8. The topological polar surface area (TPSA) is 80.5 Å². The SMILES string of the molecule is CSc1nn2c(N(C)C)nc(C)nc2c1S(=O)(=O)c1ccccc1. The van der Waals surface area contributed by atoms with Gasteiger partial charge in [-0.15, -0.1) is 11.8 Å². The summed E-state index contributed by atoms with van der Waals surface area (Å²) in [6.07, 6.45) is 1.79. The summed E-state index contributed by atoms with van der Waals surface area (Å²) in [5, 5.41) is 4.82. The minimum Gasteiger partial charge on any atom is -0.347 e. The predicted octanol–water partition coefficient (Wildman–Crippen LogP) is 2.05. The van der Waals surface area contributed by atoms with Crippen molar-refractivity contribution in [3.05, 3.63) is 36.2 Å². The summed E-state index contributed by atoms with van der Waals surface area (Å²) in [5.74, 6) is 1.02. The molecule has 0 aliphatic carbocycles. The Morgan fingerprint density at radius 3 is 2.38 bits per heavy atom. The van der Waals surface area contributed by atoms with Crippen molar-refractivity contribution in [1.29, 1.82) is 0 Å². The molecule has 24 heavy (non-hydrogen) atoms. The monoisotopic (exact) mass is 363 g/mol. The van der Waals surface area contributed by atoms with Gasteiger partial charge in [0, 0.05) is 14.1 Å². The fraction of sp³-hybridized carbons (Fsp3) is 0.267. The number of aromatic nitrogens is 4. The zero-order valence-electron chi connectivity index (χ0n) is 13.8. The van der Waals surface area contributed by atoms with Gasteiger partial charge in [0.15, 0.2) is 10.5 Å². The molecule has 0 unspecified atom stereocenters. The maximum atomic E-state index is 13.1. The van der Waals surface area contributed by atoms with Crippen molar-refractivity contribution in [2.45, 2.75) is 21.7 Å². The zero-order chi connectivity index (χ0) is 17.5. The highest BCUT2D eigenvalue weighted by molar-refractivity contribution is 7.99. The molecule has 1 aromatic carbocycles. The summed E-state index contributed by atoms with van der Waals surface area (Å²) in [7, 11) is -0.0844. The van der Waals surface area contributed by atoms with Crippen molar-refractivity contribution >= 4 is 33.2 Å². The van der Waals surface area contributed by atoms with Gasteiger partial charge in [-0.1, -0.05) is 18.2 Å². The number of rotatable bonds is 4. The van der Waals surface area contributed by atoms with Crippen LogP contribution in [0, 0.1) is 6.92 Å². The van der Waals surface area contributed by atoms with Crippen molar-refractivity contribution < 1.29 is 8.42 Å². The molecule has 0 radical (unpaired) electrons. The van der Waals surface area contributed by atoms with E-state index in [1.165, 1.54) is 16.3 Å². The normalized spacial score (nSPS) is 11.8. The molecule has 0 aliphatic rings. The highest BCUT2D eigenvalue weighted by Crippen LogP contribution is 2.33. The third-order valence-electron chi connectivity index (χ3n) is 3.42. The standard InChI is InChI=1S/C15H17N5O2S2/c1-10-16-13-12(24(21,22)11-8-6-5-7-9-11)14(23-4)18-20(13)15(17-10)19(2)3/h5-9H,1-4H3. The molecule has 0 N–H and O–H groups in total. The number of aryl methyl sites for hydroxylation is 1. The van der Waals surface area contributed by atoms with E-state index in [2.05, 4.69) is 15.1 Å². The van der Waals surface area contributed by atoms with Gasteiger partial charge >= 0.3 is 0 Å². The van der Waals surface area contributed by atoms with E-state index in [0.29, 0.717) is 22.4 Å². The molecule has 0 saturated heterocycles. The van der Waals surface area contributed by atoms with E-state index in [-0.39, 0.29) is 9.79 Å². The van der Waals surface area contributed by atoms with Gasteiger partial charge in [0.25, 0.3) is 0 Å². The first-order valence-electron chi connectivity index (χ1n) is 7.15. The molecule has 0 aliphatic heterocycles. The number of fused-ring (bicyclic) bond motifs is 1. The molecule has 0 fully saturated rings. The molecule has 3 rings (SSSR count). The Balaban J connectivity index is 2.40. The highest BCUT2D eigenvalue weighted by Gasteiger charge is 2.29. The van der Waals surface area contributed by atoms with Crippen molar-refractivity contribution in [3.8, 4) is 0 Å². The van der Waals surface area contributed by atoms with Crippen LogP contribution in [0.25, 0.3) is 5.65 Å². The molecule has 0 saturated carbocycles. The lowest BCUT2D eigenvalue weighted by atomic mass is 10.4. The van der Waals surface area contributed by atoms with Crippen molar-refractivity contribution in [2.75, 3.05) is 25.3 Å². The second-order valence-corrected chi connectivity index (χ2v) is 8.04. The van der Waals surface area contributed by atoms with E-state index in [1.807, 2.05) is 14.1 Å². The molecule has 0 bridgehead atoms. The molecule has 2 aromatic heterocycles. The van der Waals surface area contributed by atoms with E-state index in [9.17, 15) is 8.42 Å². The minimum atomic E-state index is -3.74. The highest BCUT2D eigenvalue weighted by atomic mass is 32.2. The number of sulfone groups is 1. The lowest BCUT2D eigenvalue weighted by Gasteiger charge is -2.12. The third-order valence-corrected chi connectivity index (χ3v) is 6.03. The van der Waals surface area contributed by atoms with Crippen LogP contribution < -0.4 is 4.90 Å². The first kappa shape index (κ1) is 16.7. The van der Waals surface area contributed by atoms with Crippen molar-refractivity contribution in [2.24, 2.45) is 0 Å². The Bertz CT molecular complexity index is 998. The van der Waals surface area contributed by atoms with Gasteiger partial charge < -0.3 is 4.90 Å². The number of benzene rings is 1. The molecule has 126 valence electrons. The van der Waals surface area contributed by atoms with Crippen LogP contribution in [0.2, 0.25) is 0 Å². The maximum absolute atomic E-state index is 13.1. The Hall–Kier alpha value is -2.13. The van der Waals surface area contributed by atoms with Gasteiger partial charge in [-0.3, -0.25) is 0 Å². The van der Waals surface area contributed by atoms with E-state index in [1.54, 1.807) is 48.4 Å². The smallest absolute Gasteiger partial charge is 0.229 e. The van der Waals surface area contributed by atoms with E-state index in [4.69, 9.17) is 0 Å². The summed E-state index contributed by atoms with van der Waals surface area (Å²) < 4.78 is 27.8. The van der Waals surface area contributed by atoms with Crippen molar-refractivity contribution in [3.63, 3.8) is 0 Å². The average molecular weight is 363 g/mol. The molecule has 0 amide bonds. The Morgan fingerprint density at radius 1 is 1.12 bits per heavy atom. The molecular formula is C15H17N5O2S2. The second-order valence-electron chi connectivity index (χ2n) is 5.36. The summed E-state index contributed by atoms with van der Waals surface area (Å²) in [5.41, 5.74) is 0.291.